The van der Waals surface area contributed by atoms with Crippen LogP contribution in [0, 0.1) is 0 Å². The van der Waals surface area contributed by atoms with Crippen LogP contribution >= 0.6 is 0 Å². The van der Waals surface area contributed by atoms with E-state index in [0.29, 0.717) is 17.5 Å². The van der Waals surface area contributed by atoms with Gasteiger partial charge in [0.25, 0.3) is 5.56 Å². The van der Waals surface area contributed by atoms with Gasteiger partial charge in [-0.2, -0.15) is 0 Å². The van der Waals surface area contributed by atoms with Crippen molar-refractivity contribution in [3.8, 4) is 0 Å². The van der Waals surface area contributed by atoms with Crippen LogP contribution in [0.5, 0.6) is 0 Å². The number of anilines is 2. The quantitative estimate of drug-likeness (QED) is 0.469. The first-order valence-corrected chi connectivity index (χ1v) is 5.67. The van der Waals surface area contributed by atoms with Gasteiger partial charge in [0.05, 0.1) is 6.54 Å². The molecule has 0 atom stereocenters. The van der Waals surface area contributed by atoms with Crippen LogP contribution in [0.1, 0.15) is 6.42 Å². The summed E-state index contributed by atoms with van der Waals surface area (Å²) in [5.41, 5.74) is 11.9. The van der Waals surface area contributed by atoms with Gasteiger partial charge in [-0.1, -0.05) is 0 Å². The lowest BCUT2D eigenvalue weighted by Gasteiger charge is -2.08. The third kappa shape index (κ3) is 1.52. The first kappa shape index (κ1) is 10.1. The van der Waals surface area contributed by atoms with Crippen LogP contribution in [0.4, 0.5) is 11.5 Å². The molecule has 2 aliphatic rings. The van der Waals surface area contributed by atoms with E-state index < -0.39 is 0 Å². The van der Waals surface area contributed by atoms with Gasteiger partial charge in [0, 0.05) is 19.6 Å². The molecule has 92 valence electrons. The predicted molar refractivity (Wildman–Crippen MR) is 64.8 cm³/mol. The standard InChI is InChI=1S/C9H15N7O/c10-7-6(13-14-9-11-2-3-12-9)8(17)16-5-1-4-15(7)16/h13H,1-5,10H2,(H2,11,12,14). The normalized spacial score (nSPS) is 17.5. The summed E-state index contributed by atoms with van der Waals surface area (Å²) < 4.78 is 3.46. The third-order valence-electron chi connectivity index (χ3n) is 2.99. The number of rotatable bonds is 2. The van der Waals surface area contributed by atoms with Crippen LogP contribution in [0.15, 0.2) is 9.79 Å². The lowest BCUT2D eigenvalue weighted by atomic mass is 10.4. The van der Waals surface area contributed by atoms with Gasteiger partial charge in [-0.05, 0) is 6.42 Å². The van der Waals surface area contributed by atoms with E-state index in [1.165, 1.54) is 0 Å². The summed E-state index contributed by atoms with van der Waals surface area (Å²) in [5.74, 6) is 1.11. The van der Waals surface area contributed by atoms with Crippen LogP contribution in [0.25, 0.3) is 0 Å². The van der Waals surface area contributed by atoms with Crippen LogP contribution in [-0.2, 0) is 13.1 Å². The Hall–Kier alpha value is -2.12. The monoisotopic (exact) mass is 237 g/mol. The summed E-state index contributed by atoms with van der Waals surface area (Å²) in [4.78, 5) is 16.1. The van der Waals surface area contributed by atoms with Crippen LogP contribution < -0.4 is 27.5 Å². The molecule has 0 amide bonds. The maximum atomic E-state index is 12.0. The molecule has 3 rings (SSSR count). The van der Waals surface area contributed by atoms with Crippen molar-refractivity contribution in [2.45, 2.75) is 19.5 Å². The van der Waals surface area contributed by atoms with Crippen molar-refractivity contribution in [3.63, 3.8) is 0 Å². The highest BCUT2D eigenvalue weighted by atomic mass is 16.1. The van der Waals surface area contributed by atoms with E-state index in [1.54, 1.807) is 9.36 Å². The molecule has 0 spiro atoms. The summed E-state index contributed by atoms with van der Waals surface area (Å²) in [6, 6.07) is 0. The highest BCUT2D eigenvalue weighted by Crippen LogP contribution is 2.18. The van der Waals surface area contributed by atoms with Crippen molar-refractivity contribution < 1.29 is 0 Å². The Labute approximate surface area is 97.4 Å². The lowest BCUT2D eigenvalue weighted by molar-refractivity contribution is 0.601. The first-order chi connectivity index (χ1) is 8.27. The second kappa shape index (κ2) is 3.72. The van der Waals surface area contributed by atoms with E-state index in [4.69, 9.17) is 5.73 Å². The average Bonchev–Trinajstić information content (AvgIpc) is 3.01. The number of aromatic nitrogens is 2. The Kier molecular flexibility index (Phi) is 2.20. The molecule has 2 aliphatic heterocycles. The smallest absolute Gasteiger partial charge is 0.294 e. The molecule has 0 fully saturated rings. The van der Waals surface area contributed by atoms with Crippen molar-refractivity contribution in [2.75, 3.05) is 24.2 Å². The fourth-order valence-corrected chi connectivity index (χ4v) is 2.16. The Morgan fingerprint density at radius 3 is 2.82 bits per heavy atom. The maximum Gasteiger partial charge on any atom is 0.294 e. The number of nitrogens with zero attached hydrogens (tertiary/aromatic N) is 3. The lowest BCUT2D eigenvalue weighted by Crippen LogP contribution is -2.39. The number of nitrogen functional groups attached to an aromatic ring is 1. The largest absolute Gasteiger partial charge is 0.382 e. The van der Waals surface area contributed by atoms with Gasteiger partial charge >= 0.3 is 0 Å². The summed E-state index contributed by atoms with van der Waals surface area (Å²) in [6.07, 6.45) is 0.960. The van der Waals surface area contributed by atoms with Gasteiger partial charge in [0.15, 0.2) is 5.69 Å². The van der Waals surface area contributed by atoms with E-state index in [-0.39, 0.29) is 5.56 Å². The molecule has 0 aromatic carbocycles. The fraction of sp³-hybridized carbons (Fsp3) is 0.556. The van der Waals surface area contributed by atoms with E-state index >= 15 is 0 Å². The van der Waals surface area contributed by atoms with Crippen LogP contribution in [-0.4, -0.2) is 28.4 Å². The molecule has 0 aliphatic carbocycles. The van der Waals surface area contributed by atoms with Gasteiger partial charge in [-0.15, -0.1) is 0 Å². The predicted octanol–water partition coefficient (Wildman–Crippen LogP) is -1.49. The molecule has 0 radical (unpaired) electrons. The minimum atomic E-state index is -0.0916. The fourth-order valence-electron chi connectivity index (χ4n) is 2.16. The van der Waals surface area contributed by atoms with Crippen molar-refractivity contribution in [2.24, 2.45) is 4.99 Å². The number of hydrazine groups is 1. The van der Waals surface area contributed by atoms with Crippen molar-refractivity contribution in [3.05, 3.63) is 10.4 Å². The Bertz CT molecular complexity index is 526. The van der Waals surface area contributed by atoms with Gasteiger partial charge in [-0.3, -0.25) is 25.3 Å². The number of nitrogens with two attached hydrogens (primary N) is 1. The molecule has 5 N–H and O–H groups in total. The number of aliphatic imine (C=N–C) groups is 1. The molecule has 1 aromatic heterocycles. The third-order valence-corrected chi connectivity index (χ3v) is 2.99. The SMILES string of the molecule is Nc1c(NNC2=NCCN2)c(=O)n2n1CCC2. The first-order valence-electron chi connectivity index (χ1n) is 5.67. The van der Waals surface area contributed by atoms with E-state index in [2.05, 4.69) is 21.2 Å². The van der Waals surface area contributed by atoms with E-state index in [9.17, 15) is 4.79 Å². The Morgan fingerprint density at radius 2 is 2.12 bits per heavy atom. The average molecular weight is 237 g/mol. The zero-order valence-electron chi connectivity index (χ0n) is 9.36. The molecule has 3 heterocycles. The number of fused-ring (bicyclic) bond motifs is 1. The Morgan fingerprint density at radius 1 is 1.29 bits per heavy atom. The molecule has 0 unspecified atom stereocenters. The topological polar surface area (TPSA) is 101 Å². The molecule has 8 heteroatoms. The molecule has 0 saturated carbocycles. The molecular weight excluding hydrogens is 222 g/mol. The molecule has 8 nitrogen and oxygen atoms in total. The minimum Gasteiger partial charge on any atom is -0.382 e. The van der Waals surface area contributed by atoms with Crippen molar-refractivity contribution >= 4 is 17.5 Å². The number of hydrogen-bond acceptors (Lipinski definition) is 6. The molecular formula is C9H15N7O. The molecule has 17 heavy (non-hydrogen) atoms. The molecule has 0 bridgehead atoms. The Balaban J connectivity index is 1.81. The van der Waals surface area contributed by atoms with E-state index in [0.717, 1.165) is 32.6 Å². The van der Waals surface area contributed by atoms with Gasteiger partial charge in [0.2, 0.25) is 5.96 Å². The van der Waals surface area contributed by atoms with Crippen LogP contribution in [0.2, 0.25) is 0 Å². The van der Waals surface area contributed by atoms with Gasteiger partial charge in [0.1, 0.15) is 5.82 Å². The zero-order valence-corrected chi connectivity index (χ0v) is 9.36. The molecule has 1 aromatic rings. The van der Waals surface area contributed by atoms with Crippen molar-refractivity contribution in [1.82, 2.24) is 20.1 Å². The number of guanidine groups is 1. The van der Waals surface area contributed by atoms with Gasteiger partial charge < -0.3 is 11.1 Å². The van der Waals surface area contributed by atoms with Gasteiger partial charge in [-0.25, -0.2) is 4.68 Å². The zero-order chi connectivity index (χ0) is 11.8. The molecule has 0 saturated heterocycles. The van der Waals surface area contributed by atoms with E-state index in [1.807, 2.05) is 0 Å². The number of nitrogens with one attached hydrogen (secondary N) is 3. The summed E-state index contributed by atoms with van der Waals surface area (Å²) in [6.45, 7) is 3.07. The van der Waals surface area contributed by atoms with Crippen molar-refractivity contribution in [1.29, 1.82) is 0 Å². The number of hydrogen-bond donors (Lipinski definition) is 4. The summed E-state index contributed by atoms with van der Waals surface area (Å²) in [7, 11) is 0. The highest BCUT2D eigenvalue weighted by Gasteiger charge is 2.21. The second-order valence-corrected chi connectivity index (χ2v) is 4.07. The van der Waals surface area contributed by atoms with Crippen LogP contribution in [0.3, 0.4) is 0 Å². The minimum absolute atomic E-state index is 0.0916. The maximum absolute atomic E-state index is 12.0. The summed E-state index contributed by atoms with van der Waals surface area (Å²) in [5, 5.41) is 3.04. The second-order valence-electron chi connectivity index (χ2n) is 4.07. The summed E-state index contributed by atoms with van der Waals surface area (Å²) >= 11 is 0. The highest BCUT2D eigenvalue weighted by molar-refractivity contribution is 5.83.